The summed E-state index contributed by atoms with van der Waals surface area (Å²) in [6.07, 6.45) is 1.52. The van der Waals surface area contributed by atoms with E-state index in [4.69, 9.17) is 4.74 Å². The van der Waals surface area contributed by atoms with E-state index in [0.717, 1.165) is 29.7 Å². The molecule has 0 unspecified atom stereocenters. The minimum absolute atomic E-state index is 0.0662. The van der Waals surface area contributed by atoms with Crippen LogP contribution in [0.3, 0.4) is 0 Å². The van der Waals surface area contributed by atoms with E-state index >= 15 is 0 Å². The van der Waals surface area contributed by atoms with Crippen LogP contribution in [0.2, 0.25) is 0 Å². The minimum atomic E-state index is -3.27. The summed E-state index contributed by atoms with van der Waals surface area (Å²) < 4.78 is 32.8. The molecule has 0 amide bonds. The SMILES string of the molecule is Cc1ccc(CS(=O)(=O)N2CCC(Oc3ccc(C)cc3)CC2)cc1. The first kappa shape index (κ1) is 18.0. The highest BCUT2D eigenvalue weighted by Gasteiger charge is 2.28. The molecular formula is C20H25NO3S. The van der Waals surface area contributed by atoms with Crippen LogP contribution < -0.4 is 4.74 Å². The zero-order valence-corrected chi connectivity index (χ0v) is 15.6. The van der Waals surface area contributed by atoms with Gasteiger partial charge in [-0.1, -0.05) is 47.5 Å². The van der Waals surface area contributed by atoms with Gasteiger partial charge in [0.05, 0.1) is 5.75 Å². The highest BCUT2D eigenvalue weighted by atomic mass is 32.2. The zero-order chi connectivity index (χ0) is 17.9. The average Bonchev–Trinajstić information content (AvgIpc) is 2.59. The smallest absolute Gasteiger partial charge is 0.218 e. The molecule has 134 valence electrons. The molecule has 0 bridgehead atoms. The van der Waals surface area contributed by atoms with E-state index in [0.29, 0.717) is 13.1 Å². The maximum absolute atomic E-state index is 12.6. The van der Waals surface area contributed by atoms with Gasteiger partial charge in [0.2, 0.25) is 10.0 Å². The highest BCUT2D eigenvalue weighted by molar-refractivity contribution is 7.88. The summed E-state index contributed by atoms with van der Waals surface area (Å²) in [6.45, 7) is 5.08. The summed E-state index contributed by atoms with van der Waals surface area (Å²) in [6, 6.07) is 15.7. The molecule has 3 rings (SSSR count). The third-order valence-corrected chi connectivity index (χ3v) is 6.44. The van der Waals surface area contributed by atoms with E-state index in [1.54, 1.807) is 4.31 Å². The normalized spacial score (nSPS) is 16.7. The molecule has 0 atom stereocenters. The lowest BCUT2D eigenvalue weighted by Gasteiger charge is -2.31. The first-order valence-electron chi connectivity index (χ1n) is 8.69. The van der Waals surface area contributed by atoms with Crippen LogP contribution in [0.4, 0.5) is 0 Å². The van der Waals surface area contributed by atoms with E-state index in [2.05, 4.69) is 0 Å². The predicted molar refractivity (Wildman–Crippen MR) is 100 cm³/mol. The average molecular weight is 359 g/mol. The Labute approximate surface area is 150 Å². The number of sulfonamides is 1. The summed E-state index contributed by atoms with van der Waals surface area (Å²) in [5.41, 5.74) is 3.17. The van der Waals surface area contributed by atoms with E-state index in [1.807, 2.05) is 62.4 Å². The second-order valence-corrected chi connectivity index (χ2v) is 8.74. The predicted octanol–water partition coefficient (Wildman–Crippen LogP) is 3.68. The van der Waals surface area contributed by atoms with Gasteiger partial charge in [0.25, 0.3) is 0 Å². The summed E-state index contributed by atoms with van der Waals surface area (Å²) >= 11 is 0. The van der Waals surface area contributed by atoms with Gasteiger partial charge in [-0.3, -0.25) is 0 Å². The van der Waals surface area contributed by atoms with E-state index in [9.17, 15) is 8.42 Å². The lowest BCUT2D eigenvalue weighted by atomic mass is 10.1. The first-order chi connectivity index (χ1) is 11.9. The molecule has 0 radical (unpaired) electrons. The Morgan fingerprint density at radius 1 is 0.920 bits per heavy atom. The minimum Gasteiger partial charge on any atom is -0.490 e. The Balaban J connectivity index is 1.55. The molecule has 5 heteroatoms. The van der Waals surface area contributed by atoms with E-state index in [-0.39, 0.29) is 11.9 Å². The van der Waals surface area contributed by atoms with Crippen molar-refractivity contribution in [2.75, 3.05) is 13.1 Å². The van der Waals surface area contributed by atoms with Gasteiger partial charge in [-0.25, -0.2) is 12.7 Å². The zero-order valence-electron chi connectivity index (χ0n) is 14.8. The molecule has 2 aromatic rings. The van der Waals surface area contributed by atoms with Gasteiger partial charge < -0.3 is 4.74 Å². The molecule has 2 aromatic carbocycles. The van der Waals surface area contributed by atoms with Gasteiger partial charge in [0, 0.05) is 13.1 Å². The number of hydrogen-bond donors (Lipinski definition) is 0. The molecule has 1 saturated heterocycles. The third kappa shape index (κ3) is 4.83. The van der Waals surface area contributed by atoms with Crippen molar-refractivity contribution >= 4 is 10.0 Å². The largest absolute Gasteiger partial charge is 0.490 e. The lowest BCUT2D eigenvalue weighted by molar-refractivity contribution is 0.135. The van der Waals surface area contributed by atoms with Crippen LogP contribution in [-0.2, 0) is 15.8 Å². The molecule has 1 fully saturated rings. The van der Waals surface area contributed by atoms with Gasteiger partial charge in [-0.15, -0.1) is 0 Å². The standard InChI is InChI=1S/C20H25NO3S/c1-16-3-7-18(8-4-16)15-25(22,23)21-13-11-20(12-14-21)24-19-9-5-17(2)6-10-19/h3-10,20H,11-15H2,1-2H3. The summed E-state index contributed by atoms with van der Waals surface area (Å²) in [7, 11) is -3.27. The quantitative estimate of drug-likeness (QED) is 0.818. The fourth-order valence-corrected chi connectivity index (χ4v) is 4.59. The van der Waals surface area contributed by atoms with E-state index in [1.165, 1.54) is 5.56 Å². The molecule has 0 N–H and O–H groups in total. The monoisotopic (exact) mass is 359 g/mol. The molecule has 4 nitrogen and oxygen atoms in total. The highest BCUT2D eigenvalue weighted by Crippen LogP contribution is 2.22. The van der Waals surface area contributed by atoms with Gasteiger partial charge in [0.15, 0.2) is 0 Å². The second-order valence-electron chi connectivity index (χ2n) is 6.77. The number of nitrogens with zero attached hydrogens (tertiary/aromatic N) is 1. The van der Waals surface area contributed by atoms with Crippen LogP contribution in [0.5, 0.6) is 5.75 Å². The summed E-state index contributed by atoms with van der Waals surface area (Å²) in [4.78, 5) is 0. The molecule has 25 heavy (non-hydrogen) atoms. The second kappa shape index (κ2) is 7.58. The van der Waals surface area contributed by atoms with Gasteiger partial charge in [-0.2, -0.15) is 0 Å². The maximum Gasteiger partial charge on any atom is 0.218 e. The van der Waals surface area contributed by atoms with Gasteiger partial charge >= 0.3 is 0 Å². The number of piperidine rings is 1. The molecule has 1 aliphatic rings. The van der Waals surface area contributed by atoms with Gasteiger partial charge in [0.1, 0.15) is 11.9 Å². The van der Waals surface area contributed by atoms with Crippen LogP contribution in [0.15, 0.2) is 48.5 Å². The van der Waals surface area contributed by atoms with Crippen molar-refractivity contribution in [3.63, 3.8) is 0 Å². The van der Waals surface area contributed by atoms with E-state index < -0.39 is 10.0 Å². The van der Waals surface area contributed by atoms with Crippen molar-refractivity contribution in [2.45, 2.75) is 38.5 Å². The molecular weight excluding hydrogens is 334 g/mol. The number of aryl methyl sites for hydroxylation is 2. The molecule has 0 aromatic heterocycles. The number of ether oxygens (including phenoxy) is 1. The summed E-state index contributed by atoms with van der Waals surface area (Å²) in [5, 5.41) is 0. The van der Waals surface area contributed by atoms with Crippen LogP contribution in [0.25, 0.3) is 0 Å². The summed E-state index contributed by atoms with van der Waals surface area (Å²) in [5.74, 6) is 0.920. The Hall–Kier alpha value is -1.85. The molecule has 1 heterocycles. The maximum atomic E-state index is 12.6. The van der Waals surface area contributed by atoms with Crippen molar-refractivity contribution in [2.24, 2.45) is 0 Å². The Kier molecular flexibility index (Phi) is 5.45. The molecule has 0 aliphatic carbocycles. The fourth-order valence-electron chi connectivity index (χ4n) is 3.02. The number of hydrogen-bond acceptors (Lipinski definition) is 3. The van der Waals surface area contributed by atoms with Crippen molar-refractivity contribution in [3.05, 3.63) is 65.2 Å². The molecule has 0 spiro atoms. The fraction of sp³-hybridized carbons (Fsp3) is 0.400. The lowest BCUT2D eigenvalue weighted by Crippen LogP contribution is -2.42. The van der Waals surface area contributed by atoms with Crippen molar-refractivity contribution in [3.8, 4) is 5.75 Å². The molecule has 1 aliphatic heterocycles. The first-order valence-corrected chi connectivity index (χ1v) is 10.3. The van der Waals surface area contributed by atoms with Crippen LogP contribution in [-0.4, -0.2) is 31.9 Å². The topological polar surface area (TPSA) is 46.6 Å². The van der Waals surface area contributed by atoms with Crippen molar-refractivity contribution in [1.29, 1.82) is 0 Å². The van der Waals surface area contributed by atoms with Crippen LogP contribution >= 0.6 is 0 Å². The molecule has 0 saturated carbocycles. The third-order valence-electron chi connectivity index (χ3n) is 4.59. The Morgan fingerprint density at radius 2 is 1.44 bits per heavy atom. The van der Waals surface area contributed by atoms with Crippen LogP contribution in [0, 0.1) is 13.8 Å². The number of benzene rings is 2. The Bertz CT molecular complexity index is 790. The van der Waals surface area contributed by atoms with Crippen molar-refractivity contribution in [1.82, 2.24) is 4.31 Å². The van der Waals surface area contributed by atoms with Crippen molar-refractivity contribution < 1.29 is 13.2 Å². The number of rotatable bonds is 5. The van der Waals surface area contributed by atoms with Crippen LogP contribution in [0.1, 0.15) is 29.5 Å². The van der Waals surface area contributed by atoms with Gasteiger partial charge in [-0.05, 0) is 44.4 Å². The Morgan fingerprint density at radius 3 is 2.00 bits per heavy atom.